The number of aromatic nitrogens is 3. The van der Waals surface area contributed by atoms with Gasteiger partial charge in [0.15, 0.2) is 0 Å². The van der Waals surface area contributed by atoms with E-state index < -0.39 is 5.97 Å². The number of rotatable bonds is 12. The highest BCUT2D eigenvalue weighted by molar-refractivity contribution is 5.69. The molecule has 4 rings (SSSR count). The zero-order valence-corrected chi connectivity index (χ0v) is 21.9. The molecule has 38 heavy (non-hydrogen) atoms. The van der Waals surface area contributed by atoms with Crippen molar-refractivity contribution in [3.05, 3.63) is 60.2 Å². The minimum absolute atomic E-state index is 0.0508. The molecule has 0 radical (unpaired) electrons. The summed E-state index contributed by atoms with van der Waals surface area (Å²) >= 11 is 0. The Kier molecular flexibility index (Phi) is 9.52. The minimum atomic E-state index is -0.817. The van der Waals surface area contributed by atoms with E-state index in [1.54, 1.807) is 12.4 Å². The van der Waals surface area contributed by atoms with Crippen molar-refractivity contribution in [2.75, 3.05) is 70.1 Å². The Bertz CT molecular complexity index is 1200. The zero-order valence-electron chi connectivity index (χ0n) is 21.9. The van der Waals surface area contributed by atoms with Crippen molar-refractivity contribution in [1.29, 1.82) is 0 Å². The van der Waals surface area contributed by atoms with Crippen LogP contribution in [-0.2, 0) is 11.3 Å². The lowest BCUT2D eigenvalue weighted by Crippen LogP contribution is -2.47. The number of carbonyl (C=O) groups is 1. The first-order valence-corrected chi connectivity index (χ1v) is 12.8. The third kappa shape index (κ3) is 7.91. The van der Waals surface area contributed by atoms with Gasteiger partial charge in [0, 0.05) is 70.0 Å². The maximum atomic E-state index is 14.4. The molecule has 0 bridgehead atoms. The lowest BCUT2D eigenvalue weighted by Gasteiger charge is -2.33. The molecule has 3 N–H and O–H groups in total. The fraction of sp³-hybridized carbons (Fsp3) is 0.407. The number of hydrogen-bond acceptors (Lipinski definition) is 9. The Morgan fingerprint density at radius 3 is 2.61 bits per heavy atom. The number of pyridine rings is 1. The summed E-state index contributed by atoms with van der Waals surface area (Å²) < 4.78 is 14.4. The summed E-state index contributed by atoms with van der Waals surface area (Å²) in [6.07, 6.45) is 4.49. The van der Waals surface area contributed by atoms with Crippen LogP contribution in [0.1, 0.15) is 12.0 Å². The lowest BCUT2D eigenvalue weighted by atomic mass is 10.1. The Morgan fingerprint density at radius 2 is 1.89 bits per heavy atom. The van der Waals surface area contributed by atoms with Gasteiger partial charge >= 0.3 is 5.97 Å². The first-order valence-electron chi connectivity index (χ1n) is 12.8. The van der Waals surface area contributed by atoms with Crippen LogP contribution in [0.2, 0.25) is 0 Å². The van der Waals surface area contributed by atoms with Crippen LogP contribution in [0.4, 0.5) is 21.8 Å². The number of halogens is 1. The van der Waals surface area contributed by atoms with Gasteiger partial charge in [-0.05, 0) is 62.0 Å². The Hall–Kier alpha value is -3.67. The van der Waals surface area contributed by atoms with Gasteiger partial charge in [0.2, 0.25) is 5.95 Å². The molecule has 1 aromatic carbocycles. The Morgan fingerprint density at radius 1 is 1.11 bits per heavy atom. The van der Waals surface area contributed by atoms with Gasteiger partial charge in [-0.1, -0.05) is 0 Å². The second kappa shape index (κ2) is 13.2. The van der Waals surface area contributed by atoms with Gasteiger partial charge in [-0.25, -0.2) is 19.3 Å². The van der Waals surface area contributed by atoms with Crippen LogP contribution in [0.25, 0.3) is 11.3 Å². The number of nitrogens with zero attached hydrogens (tertiary/aromatic N) is 6. The van der Waals surface area contributed by atoms with Gasteiger partial charge in [0.1, 0.15) is 11.6 Å². The Labute approximate surface area is 222 Å². The van der Waals surface area contributed by atoms with Gasteiger partial charge in [0.25, 0.3) is 0 Å². The van der Waals surface area contributed by atoms with Crippen molar-refractivity contribution in [3.8, 4) is 11.3 Å². The van der Waals surface area contributed by atoms with E-state index in [0.717, 1.165) is 55.2 Å². The van der Waals surface area contributed by atoms with Gasteiger partial charge in [-0.3, -0.25) is 14.6 Å². The molecule has 1 aliphatic heterocycles. The van der Waals surface area contributed by atoms with Gasteiger partial charge < -0.3 is 20.6 Å². The molecule has 2 aromatic heterocycles. The first kappa shape index (κ1) is 27.4. The van der Waals surface area contributed by atoms with Crippen molar-refractivity contribution < 1.29 is 14.3 Å². The molecule has 202 valence electrons. The highest BCUT2D eigenvalue weighted by atomic mass is 19.1. The van der Waals surface area contributed by atoms with Crippen molar-refractivity contribution in [2.45, 2.75) is 13.0 Å². The molecule has 10 nitrogen and oxygen atoms in total. The van der Waals surface area contributed by atoms with Crippen LogP contribution in [0, 0.1) is 5.82 Å². The summed E-state index contributed by atoms with van der Waals surface area (Å²) in [5, 5.41) is 15.3. The van der Waals surface area contributed by atoms with Crippen LogP contribution in [0.15, 0.2) is 48.8 Å². The van der Waals surface area contributed by atoms with E-state index in [1.165, 1.54) is 12.1 Å². The molecule has 1 fully saturated rings. The second-order valence-electron chi connectivity index (χ2n) is 9.47. The van der Waals surface area contributed by atoms with E-state index in [0.29, 0.717) is 31.3 Å². The number of benzene rings is 1. The quantitative estimate of drug-likeness (QED) is 0.307. The molecule has 0 aliphatic carbocycles. The van der Waals surface area contributed by atoms with Crippen molar-refractivity contribution >= 4 is 23.4 Å². The maximum Gasteiger partial charge on any atom is 0.317 e. The fourth-order valence-electron chi connectivity index (χ4n) is 4.45. The highest BCUT2D eigenvalue weighted by Gasteiger charge is 2.19. The first-order chi connectivity index (χ1) is 18.4. The third-order valence-corrected chi connectivity index (χ3v) is 6.45. The molecule has 0 amide bonds. The van der Waals surface area contributed by atoms with Crippen molar-refractivity contribution in [3.63, 3.8) is 0 Å². The van der Waals surface area contributed by atoms with Gasteiger partial charge in [-0.15, -0.1) is 0 Å². The monoisotopic (exact) mass is 522 g/mol. The standard InChI is InChI=1S/C27H35FN8O2/c1-29-7-3-9-34(2)25-5-4-21(17-31-25)24-6-8-30-27(33-24)32-23-15-20(14-22(28)16-23)18-35-10-12-36(13-11-35)19-26(37)38/h4-6,8,14-17,29H,3,7,9-13,18-19H2,1-2H3,(H,37,38)(H,30,32,33). The topological polar surface area (TPSA) is 110 Å². The summed E-state index contributed by atoms with van der Waals surface area (Å²) in [5.74, 6) is 0.106. The van der Waals surface area contributed by atoms with Crippen LogP contribution in [0.5, 0.6) is 0 Å². The SMILES string of the molecule is CNCCCN(C)c1ccc(-c2ccnc(Nc3cc(F)cc(CN4CCN(CC(=O)O)CC4)c3)n2)cn1. The number of anilines is 3. The zero-order chi connectivity index (χ0) is 26.9. The van der Waals surface area contributed by atoms with Crippen LogP contribution in [-0.4, -0.2) is 95.7 Å². The van der Waals surface area contributed by atoms with E-state index in [-0.39, 0.29) is 12.4 Å². The van der Waals surface area contributed by atoms with Crippen molar-refractivity contribution in [2.24, 2.45) is 0 Å². The molecule has 1 aliphatic rings. The minimum Gasteiger partial charge on any atom is -0.480 e. The average molecular weight is 523 g/mol. The molecule has 11 heteroatoms. The van der Waals surface area contributed by atoms with Gasteiger partial charge in [-0.2, -0.15) is 0 Å². The van der Waals surface area contributed by atoms with E-state index in [1.807, 2.05) is 43.3 Å². The molecular formula is C27H35FN8O2. The number of carboxylic acid groups (broad SMARTS) is 1. The van der Waals surface area contributed by atoms with E-state index in [4.69, 9.17) is 5.11 Å². The van der Waals surface area contributed by atoms with Gasteiger partial charge in [0.05, 0.1) is 12.2 Å². The number of carboxylic acids is 1. The number of nitrogens with one attached hydrogen (secondary N) is 2. The largest absolute Gasteiger partial charge is 0.480 e. The predicted octanol–water partition coefficient (Wildman–Crippen LogP) is 2.67. The van der Waals surface area contributed by atoms with Crippen LogP contribution < -0.4 is 15.5 Å². The summed E-state index contributed by atoms with van der Waals surface area (Å²) in [6.45, 7) is 5.31. The number of hydrogen-bond donors (Lipinski definition) is 3. The van der Waals surface area contributed by atoms with E-state index in [2.05, 4.69) is 35.4 Å². The molecule has 0 unspecified atom stereocenters. The summed E-state index contributed by atoms with van der Waals surface area (Å²) in [6, 6.07) is 10.6. The highest BCUT2D eigenvalue weighted by Crippen LogP contribution is 2.23. The molecule has 0 spiro atoms. The summed E-state index contributed by atoms with van der Waals surface area (Å²) in [7, 11) is 3.97. The van der Waals surface area contributed by atoms with E-state index in [9.17, 15) is 9.18 Å². The molecule has 3 aromatic rings. The molecular weight excluding hydrogens is 487 g/mol. The number of piperazine rings is 1. The van der Waals surface area contributed by atoms with E-state index >= 15 is 0 Å². The normalized spacial score (nSPS) is 14.4. The fourth-order valence-corrected chi connectivity index (χ4v) is 4.45. The molecule has 0 atom stereocenters. The second-order valence-corrected chi connectivity index (χ2v) is 9.47. The number of aliphatic carboxylic acids is 1. The third-order valence-electron chi connectivity index (χ3n) is 6.45. The van der Waals surface area contributed by atoms with Crippen LogP contribution in [0.3, 0.4) is 0 Å². The maximum absolute atomic E-state index is 14.4. The lowest BCUT2D eigenvalue weighted by molar-refractivity contribution is -0.138. The summed E-state index contributed by atoms with van der Waals surface area (Å²) in [5.41, 5.74) is 2.98. The molecule has 0 saturated carbocycles. The molecule has 3 heterocycles. The average Bonchev–Trinajstić information content (AvgIpc) is 2.89. The Balaban J connectivity index is 1.38. The van der Waals surface area contributed by atoms with Crippen molar-refractivity contribution in [1.82, 2.24) is 30.1 Å². The smallest absolute Gasteiger partial charge is 0.317 e. The molecule has 1 saturated heterocycles. The predicted molar refractivity (Wildman–Crippen MR) is 146 cm³/mol. The van der Waals surface area contributed by atoms with Crippen LogP contribution >= 0.6 is 0 Å². The summed E-state index contributed by atoms with van der Waals surface area (Å²) in [4.78, 5) is 30.7.